The Kier molecular flexibility index (Phi) is 5.26. The van der Waals surface area contributed by atoms with Crippen LogP contribution < -0.4 is 10.9 Å². The van der Waals surface area contributed by atoms with Crippen molar-refractivity contribution in [3.8, 4) is 0 Å². The van der Waals surface area contributed by atoms with Crippen molar-refractivity contribution in [1.29, 1.82) is 0 Å². The number of allylic oxidation sites excluding steroid dienone is 1. The molecule has 2 aromatic rings. The highest BCUT2D eigenvalue weighted by molar-refractivity contribution is 8.00. The third kappa shape index (κ3) is 3.49. The summed E-state index contributed by atoms with van der Waals surface area (Å²) in [6, 6.07) is 5.03. The highest BCUT2D eigenvalue weighted by Crippen LogP contribution is 2.28. The van der Waals surface area contributed by atoms with Crippen LogP contribution in [-0.2, 0) is 11.3 Å². The molecular formula is C17H18ClN3O2S. The molecule has 0 aliphatic carbocycles. The summed E-state index contributed by atoms with van der Waals surface area (Å²) >= 11 is 7.36. The predicted octanol–water partition coefficient (Wildman–Crippen LogP) is 3.00. The van der Waals surface area contributed by atoms with E-state index in [1.165, 1.54) is 11.8 Å². The van der Waals surface area contributed by atoms with E-state index in [2.05, 4.69) is 16.9 Å². The van der Waals surface area contributed by atoms with Crippen molar-refractivity contribution in [2.75, 3.05) is 6.54 Å². The topological polar surface area (TPSA) is 64.0 Å². The molecule has 126 valence electrons. The molecule has 1 amide bonds. The first-order valence-corrected chi connectivity index (χ1v) is 9.11. The van der Waals surface area contributed by atoms with E-state index in [1.807, 2.05) is 0 Å². The fraction of sp³-hybridized carbons (Fsp3) is 0.353. The van der Waals surface area contributed by atoms with Crippen LogP contribution in [0.3, 0.4) is 0 Å². The van der Waals surface area contributed by atoms with Gasteiger partial charge in [0.1, 0.15) is 0 Å². The van der Waals surface area contributed by atoms with Crippen molar-refractivity contribution in [2.45, 2.75) is 36.2 Å². The number of rotatable bonds is 4. The van der Waals surface area contributed by atoms with Gasteiger partial charge in [0.05, 0.1) is 16.2 Å². The van der Waals surface area contributed by atoms with E-state index in [1.54, 1.807) is 28.8 Å². The van der Waals surface area contributed by atoms with Crippen LogP contribution in [0.1, 0.15) is 19.3 Å². The molecule has 1 N–H and O–H groups in total. The standard InChI is InChI=1S/C17H18ClN3O2S/c1-2-9-21-16(23)12-7-6-11(18)10-13(12)20-17(21)24-14-5-3-4-8-19-15(14)22/h2,6-7,10,14H,1,3-5,8-9H2,(H,19,22)/t14-/m0/s1. The number of nitrogens with zero attached hydrogens (tertiary/aromatic N) is 2. The molecule has 5 nitrogen and oxygen atoms in total. The molecule has 3 rings (SSSR count). The van der Waals surface area contributed by atoms with Gasteiger partial charge in [0.2, 0.25) is 5.91 Å². The second-order valence-electron chi connectivity index (χ2n) is 5.65. The molecule has 1 aliphatic rings. The van der Waals surface area contributed by atoms with E-state index in [4.69, 9.17) is 11.6 Å². The van der Waals surface area contributed by atoms with Crippen molar-refractivity contribution in [2.24, 2.45) is 0 Å². The van der Waals surface area contributed by atoms with Crippen LogP contribution >= 0.6 is 23.4 Å². The van der Waals surface area contributed by atoms with Gasteiger partial charge in [-0.2, -0.15) is 0 Å². The maximum absolute atomic E-state index is 12.8. The molecule has 0 unspecified atom stereocenters. The number of aromatic nitrogens is 2. The van der Waals surface area contributed by atoms with Crippen LogP contribution in [-0.4, -0.2) is 27.3 Å². The molecule has 0 bridgehead atoms. The molecule has 1 aromatic carbocycles. The van der Waals surface area contributed by atoms with Gasteiger partial charge in [-0.25, -0.2) is 4.98 Å². The molecule has 0 saturated carbocycles. The lowest BCUT2D eigenvalue weighted by atomic mass is 10.2. The van der Waals surface area contributed by atoms with Gasteiger partial charge in [0.15, 0.2) is 5.16 Å². The van der Waals surface area contributed by atoms with E-state index in [0.29, 0.717) is 34.2 Å². The largest absolute Gasteiger partial charge is 0.355 e. The highest BCUT2D eigenvalue weighted by atomic mass is 35.5. The van der Waals surface area contributed by atoms with Gasteiger partial charge >= 0.3 is 0 Å². The molecule has 1 aromatic heterocycles. The van der Waals surface area contributed by atoms with E-state index < -0.39 is 0 Å². The highest BCUT2D eigenvalue weighted by Gasteiger charge is 2.24. The van der Waals surface area contributed by atoms with Crippen LogP contribution in [0.2, 0.25) is 5.02 Å². The van der Waals surface area contributed by atoms with Gasteiger partial charge < -0.3 is 5.32 Å². The van der Waals surface area contributed by atoms with Crippen LogP contribution in [0.5, 0.6) is 0 Å². The number of carbonyl (C=O) groups excluding carboxylic acids is 1. The maximum Gasteiger partial charge on any atom is 0.262 e. The Morgan fingerprint density at radius 2 is 2.25 bits per heavy atom. The van der Waals surface area contributed by atoms with Gasteiger partial charge in [0.25, 0.3) is 5.56 Å². The number of benzene rings is 1. The number of carbonyl (C=O) groups is 1. The molecule has 1 atom stereocenters. The summed E-state index contributed by atoms with van der Waals surface area (Å²) < 4.78 is 1.56. The minimum absolute atomic E-state index is 0.00286. The smallest absolute Gasteiger partial charge is 0.262 e. The van der Waals surface area contributed by atoms with Crippen LogP contribution in [0.15, 0.2) is 40.8 Å². The zero-order chi connectivity index (χ0) is 17.1. The Morgan fingerprint density at radius 3 is 3.04 bits per heavy atom. The van der Waals surface area contributed by atoms with E-state index >= 15 is 0 Å². The first kappa shape index (κ1) is 17.0. The average molecular weight is 364 g/mol. The summed E-state index contributed by atoms with van der Waals surface area (Å²) in [6.45, 7) is 4.76. The monoisotopic (exact) mass is 363 g/mol. The van der Waals surface area contributed by atoms with Crippen LogP contribution in [0, 0.1) is 0 Å². The van der Waals surface area contributed by atoms with Crippen molar-refractivity contribution in [1.82, 2.24) is 14.9 Å². The van der Waals surface area contributed by atoms with Crippen LogP contribution in [0.4, 0.5) is 0 Å². The number of nitrogens with one attached hydrogen (secondary N) is 1. The number of fused-ring (bicyclic) bond motifs is 1. The van der Waals surface area contributed by atoms with Crippen molar-refractivity contribution < 1.29 is 4.79 Å². The number of amides is 1. The van der Waals surface area contributed by atoms with Gasteiger partial charge in [-0.3, -0.25) is 14.2 Å². The normalized spacial score (nSPS) is 18.2. The quantitative estimate of drug-likeness (QED) is 0.670. The lowest BCUT2D eigenvalue weighted by molar-refractivity contribution is -0.120. The third-order valence-electron chi connectivity index (χ3n) is 3.93. The SMILES string of the molecule is C=CCn1c(S[C@H]2CCCCNC2=O)nc2cc(Cl)ccc2c1=O. The Labute approximate surface area is 149 Å². The van der Waals surface area contributed by atoms with Gasteiger partial charge in [-0.15, -0.1) is 6.58 Å². The maximum atomic E-state index is 12.8. The fourth-order valence-electron chi connectivity index (χ4n) is 2.70. The minimum Gasteiger partial charge on any atom is -0.355 e. The lowest BCUT2D eigenvalue weighted by Gasteiger charge is -2.16. The number of thioether (sulfide) groups is 1. The molecule has 24 heavy (non-hydrogen) atoms. The minimum atomic E-state index is -0.243. The molecular weight excluding hydrogens is 346 g/mol. The molecule has 7 heteroatoms. The third-order valence-corrected chi connectivity index (χ3v) is 5.42. The summed E-state index contributed by atoms with van der Waals surface area (Å²) in [4.78, 5) is 29.6. The molecule has 1 aliphatic heterocycles. The second-order valence-corrected chi connectivity index (χ2v) is 7.26. The molecule has 1 saturated heterocycles. The summed E-state index contributed by atoms with van der Waals surface area (Å²) in [5, 5.41) is 4.23. The predicted molar refractivity (Wildman–Crippen MR) is 97.7 cm³/mol. The van der Waals surface area contributed by atoms with Crippen molar-refractivity contribution in [3.05, 3.63) is 46.2 Å². The second kappa shape index (κ2) is 7.40. The Hall–Kier alpha value is -1.79. The number of hydrogen-bond donors (Lipinski definition) is 1. The summed E-state index contributed by atoms with van der Waals surface area (Å²) in [6.07, 6.45) is 4.38. The zero-order valence-electron chi connectivity index (χ0n) is 13.1. The number of halogens is 1. The first-order chi connectivity index (χ1) is 11.6. The molecule has 0 radical (unpaired) electrons. The van der Waals surface area contributed by atoms with Crippen molar-refractivity contribution >= 4 is 40.2 Å². The van der Waals surface area contributed by atoms with Crippen LogP contribution in [0.25, 0.3) is 10.9 Å². The summed E-state index contributed by atoms with van der Waals surface area (Å²) in [7, 11) is 0. The fourth-order valence-corrected chi connectivity index (χ4v) is 4.04. The Balaban J connectivity index is 2.07. The Bertz CT molecular complexity index is 850. The van der Waals surface area contributed by atoms with E-state index in [-0.39, 0.29) is 16.7 Å². The van der Waals surface area contributed by atoms with Gasteiger partial charge in [0, 0.05) is 18.1 Å². The molecule has 1 fully saturated rings. The lowest BCUT2D eigenvalue weighted by Crippen LogP contribution is -2.32. The van der Waals surface area contributed by atoms with Gasteiger partial charge in [-0.05, 0) is 31.0 Å². The summed E-state index contributed by atoms with van der Waals surface area (Å²) in [5.74, 6) is 0.00286. The Morgan fingerprint density at radius 1 is 1.42 bits per heavy atom. The first-order valence-electron chi connectivity index (χ1n) is 7.85. The van der Waals surface area contributed by atoms with E-state index in [9.17, 15) is 9.59 Å². The van der Waals surface area contributed by atoms with Crippen molar-refractivity contribution in [3.63, 3.8) is 0 Å². The number of hydrogen-bond acceptors (Lipinski definition) is 4. The summed E-state index contributed by atoms with van der Waals surface area (Å²) in [5.41, 5.74) is 0.400. The van der Waals surface area contributed by atoms with Gasteiger partial charge in [-0.1, -0.05) is 35.9 Å². The van der Waals surface area contributed by atoms with E-state index in [0.717, 1.165) is 19.3 Å². The zero-order valence-corrected chi connectivity index (χ0v) is 14.7. The molecule has 2 heterocycles. The average Bonchev–Trinajstić information content (AvgIpc) is 2.75. The molecule has 0 spiro atoms.